The zero-order chi connectivity index (χ0) is 21.7. The van der Waals surface area contributed by atoms with Gasteiger partial charge in [-0.05, 0) is 30.5 Å². The molecule has 0 radical (unpaired) electrons. The first-order valence-corrected chi connectivity index (χ1v) is 9.87. The van der Waals surface area contributed by atoms with Crippen molar-refractivity contribution in [1.82, 2.24) is 10.0 Å². The summed E-state index contributed by atoms with van der Waals surface area (Å²) in [6, 6.07) is 0.827. The normalized spacial score (nSPS) is 13.3. The minimum absolute atomic E-state index is 0.0324. The van der Waals surface area contributed by atoms with E-state index < -0.39 is 56.1 Å². The lowest BCUT2D eigenvalue weighted by atomic mass is 10.0. The van der Waals surface area contributed by atoms with Crippen LogP contribution in [-0.2, 0) is 30.5 Å². The van der Waals surface area contributed by atoms with Gasteiger partial charge in [-0.2, -0.15) is 13.2 Å². The first kappa shape index (κ1) is 24.2. The van der Waals surface area contributed by atoms with Crippen LogP contribution in [0.2, 0.25) is 5.02 Å². The minimum atomic E-state index is -4.77. The second-order valence-corrected chi connectivity index (χ2v) is 8.38. The molecule has 1 rings (SSSR count). The molecule has 0 aromatic heterocycles. The van der Waals surface area contributed by atoms with Gasteiger partial charge >= 0.3 is 12.1 Å². The Morgan fingerprint density at radius 2 is 1.86 bits per heavy atom. The molecule has 1 aromatic rings. The molecule has 0 aliphatic carbocycles. The molecular weight excluding hydrogens is 425 g/mol. The Hall–Kier alpha value is -1.85. The van der Waals surface area contributed by atoms with Gasteiger partial charge in [0.25, 0.3) is 0 Å². The van der Waals surface area contributed by atoms with Crippen LogP contribution in [0.5, 0.6) is 0 Å². The van der Waals surface area contributed by atoms with Crippen LogP contribution in [0.25, 0.3) is 0 Å². The Labute approximate surface area is 165 Å². The van der Waals surface area contributed by atoms with Crippen molar-refractivity contribution in [2.45, 2.75) is 37.4 Å². The number of hydrogen-bond acceptors (Lipinski definition) is 5. The Balaban J connectivity index is 2.91. The van der Waals surface area contributed by atoms with E-state index >= 15 is 0 Å². The predicted molar refractivity (Wildman–Crippen MR) is 95.0 cm³/mol. The van der Waals surface area contributed by atoms with Crippen molar-refractivity contribution in [1.29, 1.82) is 0 Å². The highest BCUT2D eigenvalue weighted by molar-refractivity contribution is 7.89. The second kappa shape index (κ2) is 9.57. The van der Waals surface area contributed by atoms with Gasteiger partial charge in [-0.15, -0.1) is 0 Å². The summed E-state index contributed by atoms with van der Waals surface area (Å²) in [6.07, 6.45) is -4.51. The number of carbonyl (C=O) groups excluding carboxylic acids is 2. The molecule has 0 fully saturated rings. The van der Waals surface area contributed by atoms with Gasteiger partial charge in [-0.1, -0.05) is 25.4 Å². The van der Waals surface area contributed by atoms with Gasteiger partial charge in [0.05, 0.1) is 24.2 Å². The highest BCUT2D eigenvalue weighted by Gasteiger charge is 2.33. The zero-order valence-electron chi connectivity index (χ0n) is 15.3. The number of halogens is 4. The highest BCUT2D eigenvalue weighted by Crippen LogP contribution is 2.33. The summed E-state index contributed by atoms with van der Waals surface area (Å²) in [6.45, 7) is 2.81. The van der Waals surface area contributed by atoms with Gasteiger partial charge in [0, 0.05) is 0 Å². The molecule has 1 aromatic carbocycles. The smallest absolute Gasteiger partial charge is 0.416 e. The van der Waals surface area contributed by atoms with Crippen LogP contribution in [-0.4, -0.2) is 40.0 Å². The van der Waals surface area contributed by atoms with E-state index in [0.717, 1.165) is 13.2 Å². The number of nitrogens with one attached hydrogen (secondary N) is 2. The van der Waals surface area contributed by atoms with E-state index in [9.17, 15) is 31.2 Å². The standard InChI is InChI=1S/C16H20ClF3N2O5S/c1-9(2)6-12(15(24)27-3)22-14(23)8-21-28(25,26)13-7-10(16(18,19)20)4-5-11(13)17/h4-5,7,9,12,21H,6,8H2,1-3H3,(H,22,23). The maximum atomic E-state index is 12.8. The van der Waals surface area contributed by atoms with Crippen LogP contribution in [0.3, 0.4) is 0 Å². The molecule has 0 bridgehead atoms. The van der Waals surface area contributed by atoms with Crippen molar-refractivity contribution in [2.24, 2.45) is 5.92 Å². The minimum Gasteiger partial charge on any atom is -0.467 e. The van der Waals surface area contributed by atoms with Crippen LogP contribution >= 0.6 is 11.6 Å². The van der Waals surface area contributed by atoms with E-state index in [1.807, 2.05) is 4.72 Å². The summed E-state index contributed by atoms with van der Waals surface area (Å²) in [5.74, 6) is -1.53. The molecule has 0 aliphatic heterocycles. The van der Waals surface area contributed by atoms with Crippen molar-refractivity contribution in [2.75, 3.05) is 13.7 Å². The van der Waals surface area contributed by atoms with Gasteiger partial charge in [0.15, 0.2) is 0 Å². The van der Waals surface area contributed by atoms with E-state index in [1.165, 1.54) is 0 Å². The zero-order valence-corrected chi connectivity index (χ0v) is 16.8. The van der Waals surface area contributed by atoms with Crippen molar-refractivity contribution >= 4 is 33.5 Å². The highest BCUT2D eigenvalue weighted by atomic mass is 35.5. The summed E-state index contributed by atoms with van der Waals surface area (Å²) >= 11 is 5.70. The van der Waals surface area contributed by atoms with Crippen LogP contribution in [0, 0.1) is 5.92 Å². The lowest BCUT2D eigenvalue weighted by Gasteiger charge is -2.18. The van der Waals surface area contributed by atoms with Gasteiger partial charge in [0.2, 0.25) is 15.9 Å². The SMILES string of the molecule is COC(=O)C(CC(C)C)NC(=O)CNS(=O)(=O)c1cc(C(F)(F)F)ccc1Cl. The fourth-order valence-electron chi connectivity index (χ4n) is 2.20. The number of methoxy groups -OCH3 is 1. The third-order valence-corrected chi connectivity index (χ3v) is 5.38. The summed E-state index contributed by atoms with van der Waals surface area (Å²) < 4.78 is 69.3. The first-order chi connectivity index (χ1) is 12.8. The molecule has 1 amide bonds. The molecule has 0 aliphatic rings. The number of rotatable bonds is 8. The summed E-state index contributed by atoms with van der Waals surface area (Å²) in [7, 11) is -3.37. The average molecular weight is 445 g/mol. The molecule has 7 nitrogen and oxygen atoms in total. The number of ether oxygens (including phenoxy) is 1. The maximum Gasteiger partial charge on any atom is 0.416 e. The monoisotopic (exact) mass is 444 g/mol. The fraction of sp³-hybridized carbons (Fsp3) is 0.500. The fourth-order valence-corrected chi connectivity index (χ4v) is 3.70. The number of sulfonamides is 1. The average Bonchev–Trinajstić information content (AvgIpc) is 2.57. The molecule has 2 N–H and O–H groups in total. The number of carbonyl (C=O) groups is 2. The molecule has 158 valence electrons. The molecule has 0 spiro atoms. The molecule has 1 atom stereocenters. The van der Waals surface area contributed by atoms with Gasteiger partial charge in [0.1, 0.15) is 10.9 Å². The number of alkyl halides is 3. The topological polar surface area (TPSA) is 102 Å². The Bertz CT molecular complexity index is 828. The van der Waals surface area contributed by atoms with E-state index in [4.69, 9.17) is 11.6 Å². The molecule has 1 unspecified atom stereocenters. The quantitative estimate of drug-likeness (QED) is 0.599. The van der Waals surface area contributed by atoms with E-state index in [0.29, 0.717) is 12.1 Å². The number of hydrogen-bond donors (Lipinski definition) is 2. The van der Waals surface area contributed by atoms with Crippen molar-refractivity contribution in [3.63, 3.8) is 0 Å². The van der Waals surface area contributed by atoms with Crippen LogP contribution in [0.1, 0.15) is 25.8 Å². The number of esters is 1. The lowest BCUT2D eigenvalue weighted by Crippen LogP contribution is -2.46. The molecule has 0 saturated heterocycles. The number of benzene rings is 1. The molecule has 28 heavy (non-hydrogen) atoms. The van der Waals surface area contributed by atoms with Crippen LogP contribution in [0.4, 0.5) is 13.2 Å². The third kappa shape index (κ3) is 6.95. The van der Waals surface area contributed by atoms with Crippen molar-refractivity contribution in [3.8, 4) is 0 Å². The lowest BCUT2D eigenvalue weighted by molar-refractivity contribution is -0.145. The molecule has 12 heteroatoms. The van der Waals surface area contributed by atoms with Gasteiger partial charge in [-0.25, -0.2) is 17.9 Å². The third-order valence-electron chi connectivity index (χ3n) is 3.50. The largest absolute Gasteiger partial charge is 0.467 e. The maximum absolute atomic E-state index is 12.8. The molecule has 0 heterocycles. The Morgan fingerprint density at radius 3 is 2.36 bits per heavy atom. The second-order valence-electron chi connectivity index (χ2n) is 6.24. The van der Waals surface area contributed by atoms with Crippen LogP contribution < -0.4 is 10.0 Å². The Kier molecular flexibility index (Phi) is 8.27. The summed E-state index contributed by atoms with van der Waals surface area (Å²) in [4.78, 5) is 22.9. The van der Waals surface area contributed by atoms with Crippen molar-refractivity contribution < 1.29 is 35.9 Å². The van der Waals surface area contributed by atoms with E-state index in [-0.39, 0.29) is 12.3 Å². The van der Waals surface area contributed by atoms with Crippen LogP contribution in [0.15, 0.2) is 23.1 Å². The summed E-state index contributed by atoms with van der Waals surface area (Å²) in [5, 5.41) is 1.88. The van der Waals surface area contributed by atoms with E-state index in [1.54, 1.807) is 13.8 Å². The van der Waals surface area contributed by atoms with E-state index in [2.05, 4.69) is 10.1 Å². The summed E-state index contributed by atoms with van der Waals surface area (Å²) in [5.41, 5.74) is -1.20. The number of amides is 1. The van der Waals surface area contributed by atoms with Gasteiger partial charge < -0.3 is 10.1 Å². The predicted octanol–water partition coefficient (Wildman–Crippen LogP) is 2.34. The first-order valence-electron chi connectivity index (χ1n) is 8.01. The van der Waals surface area contributed by atoms with Crippen molar-refractivity contribution in [3.05, 3.63) is 28.8 Å². The molecular formula is C16H20ClF3N2O5S. The molecule has 0 saturated carbocycles. The Morgan fingerprint density at radius 1 is 1.25 bits per heavy atom. The van der Waals surface area contributed by atoms with Gasteiger partial charge in [-0.3, -0.25) is 4.79 Å².